The fraction of sp³-hybridized carbons (Fsp3) is 0.615. The van der Waals surface area contributed by atoms with Crippen molar-refractivity contribution in [1.29, 1.82) is 0 Å². The normalized spacial score (nSPS) is 31.9. The monoisotopic (exact) mass is 357 g/mol. The van der Waals surface area contributed by atoms with Gasteiger partial charge in [-0.2, -0.15) is 0 Å². The summed E-state index contributed by atoms with van der Waals surface area (Å²) in [4.78, 5) is 9.69. The van der Waals surface area contributed by atoms with Crippen LogP contribution in [0.4, 0.5) is 5.82 Å². The van der Waals surface area contributed by atoms with Crippen LogP contribution in [0.3, 0.4) is 0 Å². The number of ether oxygens (including phenoxy) is 1. The van der Waals surface area contributed by atoms with Gasteiger partial charge in [0.2, 0.25) is 0 Å². The van der Waals surface area contributed by atoms with Gasteiger partial charge in [0.1, 0.15) is 5.82 Å². The number of piperazine rings is 1. The highest BCUT2D eigenvalue weighted by molar-refractivity contribution is 14.1. The third-order valence-corrected chi connectivity index (χ3v) is 5.02. The zero-order valence-electron chi connectivity index (χ0n) is 10.1. The molecule has 1 aromatic rings. The van der Waals surface area contributed by atoms with Crippen LogP contribution in [0.25, 0.3) is 0 Å². The predicted octanol–water partition coefficient (Wildman–Crippen LogP) is 1.35. The Morgan fingerprint density at radius 1 is 1.17 bits per heavy atom. The van der Waals surface area contributed by atoms with Crippen LogP contribution in [0.2, 0.25) is 0 Å². The molecule has 4 nitrogen and oxygen atoms in total. The summed E-state index contributed by atoms with van der Waals surface area (Å²) in [5, 5.41) is 0. The molecule has 0 radical (unpaired) electrons. The molecular weight excluding hydrogens is 341 g/mol. The molecule has 3 saturated heterocycles. The van der Waals surface area contributed by atoms with Gasteiger partial charge in [0.25, 0.3) is 0 Å². The first-order valence-corrected chi connectivity index (χ1v) is 7.61. The molecule has 3 fully saturated rings. The zero-order valence-corrected chi connectivity index (χ0v) is 12.3. The molecule has 0 saturated carbocycles. The lowest BCUT2D eigenvalue weighted by molar-refractivity contribution is -0.0708. The van der Waals surface area contributed by atoms with Gasteiger partial charge in [-0.25, -0.2) is 4.98 Å². The second-order valence-corrected chi connectivity index (χ2v) is 6.66. The molecule has 2 bridgehead atoms. The van der Waals surface area contributed by atoms with Crippen LogP contribution in [-0.4, -0.2) is 54.3 Å². The molecule has 0 amide bonds. The minimum absolute atomic E-state index is 0.656. The highest BCUT2D eigenvalue weighted by atomic mass is 127. The maximum atomic E-state index is 5.31. The fourth-order valence-electron chi connectivity index (χ4n) is 3.38. The van der Waals surface area contributed by atoms with E-state index in [2.05, 4.69) is 49.5 Å². The van der Waals surface area contributed by atoms with Crippen molar-refractivity contribution >= 4 is 28.4 Å². The maximum Gasteiger partial charge on any atom is 0.128 e. The van der Waals surface area contributed by atoms with E-state index in [1.807, 2.05) is 6.20 Å². The minimum atomic E-state index is 0.656. The summed E-state index contributed by atoms with van der Waals surface area (Å²) < 4.78 is 6.51. The summed E-state index contributed by atoms with van der Waals surface area (Å²) in [6.45, 7) is 4.19. The van der Waals surface area contributed by atoms with Gasteiger partial charge in [-0.05, 0) is 41.1 Å². The van der Waals surface area contributed by atoms with Crippen molar-refractivity contribution in [2.45, 2.75) is 24.5 Å². The quantitative estimate of drug-likeness (QED) is 0.748. The smallest absolute Gasteiger partial charge is 0.128 e. The summed E-state index contributed by atoms with van der Waals surface area (Å²) in [5.41, 5.74) is 0. The summed E-state index contributed by atoms with van der Waals surface area (Å²) in [7, 11) is 0. The molecule has 18 heavy (non-hydrogen) atoms. The Labute approximate surface area is 120 Å². The highest BCUT2D eigenvalue weighted by Crippen LogP contribution is 2.36. The number of aromatic nitrogens is 1. The Kier molecular flexibility index (Phi) is 2.74. The second-order valence-electron chi connectivity index (χ2n) is 5.42. The number of fused-ring (bicyclic) bond motifs is 2. The zero-order chi connectivity index (χ0) is 12.1. The number of hydrogen-bond donors (Lipinski definition) is 0. The van der Waals surface area contributed by atoms with Crippen molar-refractivity contribution in [2.75, 3.05) is 31.2 Å². The number of anilines is 1. The molecular formula is C13H16IN3O. The van der Waals surface area contributed by atoms with Gasteiger partial charge in [0.15, 0.2) is 0 Å². The number of nitrogens with zero attached hydrogens (tertiary/aromatic N) is 3. The van der Waals surface area contributed by atoms with Crippen molar-refractivity contribution in [2.24, 2.45) is 0 Å². The Hall–Kier alpha value is -0.400. The lowest BCUT2D eigenvalue weighted by Crippen LogP contribution is -2.56. The summed E-state index contributed by atoms with van der Waals surface area (Å²) >= 11 is 2.30. The van der Waals surface area contributed by atoms with Crippen LogP contribution in [0.5, 0.6) is 0 Å². The third-order valence-electron chi connectivity index (χ3n) is 4.38. The number of rotatable bonds is 2. The molecule has 3 aliphatic rings. The molecule has 4 rings (SSSR count). The highest BCUT2D eigenvalue weighted by Gasteiger charge is 2.47. The molecule has 0 unspecified atom stereocenters. The van der Waals surface area contributed by atoms with E-state index >= 15 is 0 Å². The Morgan fingerprint density at radius 3 is 2.61 bits per heavy atom. The van der Waals surface area contributed by atoms with Gasteiger partial charge >= 0.3 is 0 Å². The largest absolute Gasteiger partial charge is 0.378 e. The summed E-state index contributed by atoms with van der Waals surface area (Å²) in [6.07, 6.45) is 3.25. The van der Waals surface area contributed by atoms with Gasteiger partial charge in [-0.1, -0.05) is 0 Å². The van der Waals surface area contributed by atoms with Crippen LogP contribution >= 0.6 is 22.6 Å². The van der Waals surface area contributed by atoms with Crippen molar-refractivity contribution < 1.29 is 4.74 Å². The van der Waals surface area contributed by atoms with Crippen LogP contribution in [-0.2, 0) is 4.74 Å². The first-order chi connectivity index (χ1) is 8.81. The molecule has 0 N–H and O–H groups in total. The first kappa shape index (κ1) is 11.4. The van der Waals surface area contributed by atoms with E-state index in [4.69, 9.17) is 4.74 Å². The number of likely N-dealkylation sites (tertiary alicyclic amines) is 1. The minimum Gasteiger partial charge on any atom is -0.378 e. The van der Waals surface area contributed by atoms with Crippen molar-refractivity contribution in [1.82, 2.24) is 9.88 Å². The van der Waals surface area contributed by atoms with Crippen LogP contribution < -0.4 is 4.90 Å². The van der Waals surface area contributed by atoms with Crippen LogP contribution in [0.1, 0.15) is 6.42 Å². The molecule has 96 valence electrons. The maximum absolute atomic E-state index is 5.31. The van der Waals surface area contributed by atoms with E-state index in [1.165, 1.54) is 16.5 Å². The van der Waals surface area contributed by atoms with E-state index < -0.39 is 0 Å². The average molecular weight is 357 g/mol. The van der Waals surface area contributed by atoms with Crippen LogP contribution in [0, 0.1) is 3.57 Å². The van der Waals surface area contributed by atoms with Crippen molar-refractivity contribution in [3.8, 4) is 0 Å². The Morgan fingerprint density at radius 2 is 2.06 bits per heavy atom. The van der Waals surface area contributed by atoms with Gasteiger partial charge in [0, 0.05) is 34.9 Å². The van der Waals surface area contributed by atoms with E-state index in [0.717, 1.165) is 25.6 Å². The third kappa shape index (κ3) is 1.75. The number of pyridine rings is 1. The Bertz CT molecular complexity index is 448. The predicted molar refractivity (Wildman–Crippen MR) is 77.8 cm³/mol. The topological polar surface area (TPSA) is 28.6 Å². The summed E-state index contributed by atoms with van der Waals surface area (Å²) in [5.74, 6) is 1.15. The van der Waals surface area contributed by atoms with Gasteiger partial charge in [0.05, 0.1) is 19.3 Å². The number of hydrogen-bond acceptors (Lipinski definition) is 4. The SMILES string of the molecule is Ic1ccc(N2C[C@@H]3C[C@H]2CN3C2COC2)nc1. The van der Waals surface area contributed by atoms with Crippen molar-refractivity contribution in [3.05, 3.63) is 21.9 Å². The van der Waals surface area contributed by atoms with Gasteiger partial charge in [-0.15, -0.1) is 0 Å². The molecule has 3 aliphatic heterocycles. The average Bonchev–Trinajstić information content (AvgIpc) is 2.87. The standard InChI is InChI=1S/C13H16IN3O/c14-9-1-2-13(15-4-9)17-6-10-3-11(17)5-16(10)12-7-18-8-12/h1-2,4,10-12H,3,5-8H2/t10-,11-/m0/s1. The Balaban J connectivity index is 1.49. The number of halogens is 1. The molecule has 4 heterocycles. The molecule has 2 atom stereocenters. The second kappa shape index (κ2) is 4.31. The van der Waals surface area contributed by atoms with E-state index in [1.54, 1.807) is 0 Å². The molecule has 0 aliphatic carbocycles. The fourth-order valence-corrected chi connectivity index (χ4v) is 3.70. The molecule has 0 spiro atoms. The van der Waals surface area contributed by atoms with Crippen LogP contribution in [0.15, 0.2) is 18.3 Å². The van der Waals surface area contributed by atoms with E-state index in [9.17, 15) is 0 Å². The van der Waals surface area contributed by atoms with Gasteiger partial charge in [-0.3, -0.25) is 4.90 Å². The first-order valence-electron chi connectivity index (χ1n) is 6.53. The van der Waals surface area contributed by atoms with Crippen molar-refractivity contribution in [3.63, 3.8) is 0 Å². The molecule has 5 heteroatoms. The van der Waals surface area contributed by atoms with E-state index in [0.29, 0.717) is 18.1 Å². The molecule has 0 aromatic carbocycles. The lowest BCUT2D eigenvalue weighted by atomic mass is 10.1. The van der Waals surface area contributed by atoms with Gasteiger partial charge < -0.3 is 9.64 Å². The van der Waals surface area contributed by atoms with E-state index in [-0.39, 0.29) is 0 Å². The molecule has 1 aromatic heterocycles. The lowest BCUT2D eigenvalue weighted by Gasteiger charge is -2.42. The summed E-state index contributed by atoms with van der Waals surface area (Å²) in [6, 6.07) is 6.35.